The molecule has 1 aromatic carbocycles. The summed E-state index contributed by atoms with van der Waals surface area (Å²) < 4.78 is 14.9. The van der Waals surface area contributed by atoms with Gasteiger partial charge in [-0.1, -0.05) is 6.07 Å². The molecule has 2 atom stereocenters. The molecule has 4 heterocycles. The summed E-state index contributed by atoms with van der Waals surface area (Å²) in [5.41, 5.74) is 4.17. The molecule has 0 radical (unpaired) electrons. The summed E-state index contributed by atoms with van der Waals surface area (Å²) in [4.78, 5) is 15.3. The fourth-order valence-corrected chi connectivity index (χ4v) is 4.37. The Labute approximate surface area is 186 Å². The van der Waals surface area contributed by atoms with Crippen LogP contribution in [-0.2, 0) is 4.74 Å². The normalized spacial score (nSPS) is 18.8. The van der Waals surface area contributed by atoms with Gasteiger partial charge in [-0.3, -0.25) is 4.79 Å². The highest BCUT2D eigenvalue weighted by molar-refractivity contribution is 6.02. The molecule has 164 valence electrons. The molecule has 32 heavy (non-hydrogen) atoms. The van der Waals surface area contributed by atoms with Crippen molar-refractivity contribution in [2.75, 3.05) is 20.2 Å². The third-order valence-electron chi connectivity index (χ3n) is 5.80. The van der Waals surface area contributed by atoms with E-state index < -0.39 is 0 Å². The van der Waals surface area contributed by atoms with E-state index in [9.17, 15) is 4.79 Å². The fourth-order valence-electron chi connectivity index (χ4n) is 4.37. The average molecular weight is 431 g/mol. The molecule has 1 saturated heterocycles. The SMILES string of the molecule is COc1ccc(-n2ccc(-c3cc(C(=O)N4CC(C)OC(C)C4)c4ccccn34)n2)cc1. The average Bonchev–Trinajstić information content (AvgIpc) is 3.43. The largest absolute Gasteiger partial charge is 0.497 e. The van der Waals surface area contributed by atoms with Gasteiger partial charge in [0.2, 0.25) is 0 Å². The maximum Gasteiger partial charge on any atom is 0.256 e. The van der Waals surface area contributed by atoms with Crippen molar-refractivity contribution < 1.29 is 14.3 Å². The van der Waals surface area contributed by atoms with Crippen LogP contribution in [0.3, 0.4) is 0 Å². The minimum atomic E-state index is 0.0243. The lowest BCUT2D eigenvalue weighted by molar-refractivity contribution is -0.0585. The molecule has 7 nitrogen and oxygen atoms in total. The van der Waals surface area contributed by atoms with E-state index in [0.29, 0.717) is 18.7 Å². The van der Waals surface area contributed by atoms with Crippen LogP contribution in [0, 0.1) is 0 Å². The second-order valence-corrected chi connectivity index (χ2v) is 8.21. The van der Waals surface area contributed by atoms with Crippen molar-refractivity contribution in [1.29, 1.82) is 0 Å². The van der Waals surface area contributed by atoms with Crippen molar-refractivity contribution in [3.05, 3.63) is 72.6 Å². The van der Waals surface area contributed by atoms with Crippen LogP contribution in [0.25, 0.3) is 22.6 Å². The predicted molar refractivity (Wildman–Crippen MR) is 122 cm³/mol. The van der Waals surface area contributed by atoms with Crippen molar-refractivity contribution >= 4 is 11.4 Å². The Balaban J connectivity index is 1.52. The molecular formula is C25H26N4O3. The number of carbonyl (C=O) groups excluding carboxylic acids is 1. The maximum absolute atomic E-state index is 13.5. The highest BCUT2D eigenvalue weighted by Crippen LogP contribution is 2.28. The first kappa shape index (κ1) is 20.3. The summed E-state index contributed by atoms with van der Waals surface area (Å²) in [5.74, 6) is 0.824. The van der Waals surface area contributed by atoms with Crippen molar-refractivity contribution in [1.82, 2.24) is 19.1 Å². The standard InChI is InChI=1S/C25H26N4O3/c1-17-15-27(16-18(2)32-17)25(30)21-14-24(28-12-5-4-6-23(21)28)22-11-13-29(26-22)19-7-9-20(31-3)10-8-19/h4-14,17-18H,15-16H2,1-3H3. The summed E-state index contributed by atoms with van der Waals surface area (Å²) in [6.45, 7) is 5.19. The zero-order chi connectivity index (χ0) is 22.2. The monoisotopic (exact) mass is 430 g/mol. The van der Waals surface area contributed by atoms with Crippen LogP contribution < -0.4 is 4.74 Å². The van der Waals surface area contributed by atoms with Gasteiger partial charge in [0, 0.05) is 25.5 Å². The molecule has 5 rings (SSSR count). The van der Waals surface area contributed by atoms with Gasteiger partial charge < -0.3 is 18.8 Å². The van der Waals surface area contributed by atoms with E-state index in [-0.39, 0.29) is 18.1 Å². The molecule has 0 aliphatic carbocycles. The number of rotatable bonds is 4. The van der Waals surface area contributed by atoms with Crippen molar-refractivity contribution in [3.63, 3.8) is 0 Å². The molecule has 7 heteroatoms. The van der Waals surface area contributed by atoms with E-state index in [4.69, 9.17) is 14.6 Å². The first-order chi connectivity index (χ1) is 15.5. The molecule has 1 aliphatic heterocycles. The number of pyridine rings is 1. The minimum Gasteiger partial charge on any atom is -0.497 e. The van der Waals surface area contributed by atoms with Gasteiger partial charge in [0.25, 0.3) is 5.91 Å². The molecule has 0 spiro atoms. The Morgan fingerprint density at radius 1 is 1.03 bits per heavy atom. The van der Waals surface area contributed by atoms with E-state index in [2.05, 4.69) is 0 Å². The quantitative estimate of drug-likeness (QED) is 0.490. The van der Waals surface area contributed by atoms with Gasteiger partial charge in [0.05, 0.1) is 41.8 Å². The Kier molecular flexibility index (Phi) is 5.19. The second-order valence-electron chi connectivity index (χ2n) is 8.21. The van der Waals surface area contributed by atoms with Crippen LogP contribution in [0.15, 0.2) is 67.0 Å². The number of amides is 1. The van der Waals surface area contributed by atoms with E-state index in [1.807, 2.05) is 94.8 Å². The number of fused-ring (bicyclic) bond motifs is 1. The minimum absolute atomic E-state index is 0.0243. The zero-order valence-corrected chi connectivity index (χ0v) is 18.4. The van der Waals surface area contributed by atoms with Crippen LogP contribution >= 0.6 is 0 Å². The number of carbonyl (C=O) groups is 1. The van der Waals surface area contributed by atoms with Gasteiger partial charge in [-0.05, 0) is 62.4 Å². The van der Waals surface area contributed by atoms with E-state index in [1.54, 1.807) is 7.11 Å². The smallest absolute Gasteiger partial charge is 0.256 e. The lowest BCUT2D eigenvalue weighted by atomic mass is 10.1. The molecule has 3 aromatic heterocycles. The first-order valence-corrected chi connectivity index (χ1v) is 10.8. The highest BCUT2D eigenvalue weighted by atomic mass is 16.5. The maximum atomic E-state index is 13.5. The molecule has 4 aromatic rings. The number of ether oxygens (including phenoxy) is 2. The summed E-state index contributed by atoms with van der Waals surface area (Å²) in [7, 11) is 1.65. The van der Waals surface area contributed by atoms with Gasteiger partial charge in [0.1, 0.15) is 11.4 Å². The fraction of sp³-hybridized carbons (Fsp3) is 0.280. The van der Waals surface area contributed by atoms with Crippen molar-refractivity contribution in [2.45, 2.75) is 26.1 Å². The van der Waals surface area contributed by atoms with Crippen molar-refractivity contribution in [2.24, 2.45) is 0 Å². The number of hydrogen-bond donors (Lipinski definition) is 0. The Bertz CT molecular complexity index is 1250. The highest BCUT2D eigenvalue weighted by Gasteiger charge is 2.29. The topological polar surface area (TPSA) is 61.0 Å². The number of hydrogen-bond acceptors (Lipinski definition) is 4. The van der Waals surface area contributed by atoms with Crippen LogP contribution in [0.2, 0.25) is 0 Å². The summed E-state index contributed by atoms with van der Waals surface area (Å²) in [6.07, 6.45) is 3.94. The summed E-state index contributed by atoms with van der Waals surface area (Å²) >= 11 is 0. The second kappa shape index (κ2) is 8.16. The van der Waals surface area contributed by atoms with Gasteiger partial charge in [-0.15, -0.1) is 0 Å². The Morgan fingerprint density at radius 3 is 2.50 bits per heavy atom. The number of aromatic nitrogens is 3. The van der Waals surface area contributed by atoms with Gasteiger partial charge >= 0.3 is 0 Å². The molecule has 0 bridgehead atoms. The number of benzene rings is 1. The number of morpholine rings is 1. The molecule has 1 amide bonds. The lowest BCUT2D eigenvalue weighted by Crippen LogP contribution is -2.48. The zero-order valence-electron chi connectivity index (χ0n) is 18.4. The molecule has 2 unspecified atom stereocenters. The lowest BCUT2D eigenvalue weighted by Gasteiger charge is -2.35. The van der Waals surface area contributed by atoms with Crippen molar-refractivity contribution in [3.8, 4) is 22.8 Å². The van der Waals surface area contributed by atoms with E-state index >= 15 is 0 Å². The third kappa shape index (κ3) is 3.65. The first-order valence-electron chi connectivity index (χ1n) is 10.8. The van der Waals surface area contributed by atoms with E-state index in [1.165, 1.54) is 0 Å². The van der Waals surface area contributed by atoms with Gasteiger partial charge in [0.15, 0.2) is 0 Å². The summed E-state index contributed by atoms with van der Waals surface area (Å²) in [6, 6.07) is 17.5. The third-order valence-corrected chi connectivity index (χ3v) is 5.80. The van der Waals surface area contributed by atoms with Crippen LogP contribution in [0.4, 0.5) is 0 Å². The van der Waals surface area contributed by atoms with Gasteiger partial charge in [-0.25, -0.2) is 4.68 Å². The predicted octanol–water partition coefficient (Wildman–Crippen LogP) is 4.05. The molecule has 0 N–H and O–H groups in total. The molecular weight excluding hydrogens is 404 g/mol. The molecule has 1 aliphatic rings. The Hall–Kier alpha value is -3.58. The van der Waals surface area contributed by atoms with Crippen LogP contribution in [0.1, 0.15) is 24.2 Å². The van der Waals surface area contributed by atoms with Crippen LogP contribution in [-0.4, -0.2) is 57.4 Å². The summed E-state index contributed by atoms with van der Waals surface area (Å²) in [5, 5.41) is 4.78. The number of nitrogens with zero attached hydrogens (tertiary/aromatic N) is 4. The van der Waals surface area contributed by atoms with Gasteiger partial charge in [-0.2, -0.15) is 5.10 Å². The van der Waals surface area contributed by atoms with E-state index in [0.717, 1.165) is 28.3 Å². The molecule has 1 fully saturated rings. The Morgan fingerprint density at radius 2 is 1.78 bits per heavy atom. The van der Waals surface area contributed by atoms with Crippen LogP contribution in [0.5, 0.6) is 5.75 Å². The number of methoxy groups -OCH3 is 1. The molecule has 0 saturated carbocycles.